The summed E-state index contributed by atoms with van der Waals surface area (Å²) >= 11 is 0. The van der Waals surface area contributed by atoms with Crippen molar-refractivity contribution in [2.75, 3.05) is 20.2 Å². The van der Waals surface area contributed by atoms with Gasteiger partial charge in [0, 0.05) is 45.1 Å². The molecule has 1 fully saturated rings. The number of hydrogen-bond acceptors (Lipinski definition) is 3. The average molecular weight is 279 g/mol. The molecule has 2 rings (SSSR count). The van der Waals surface area contributed by atoms with Crippen LogP contribution in [0, 0.1) is 12.8 Å². The van der Waals surface area contributed by atoms with Crippen molar-refractivity contribution < 1.29 is 9.53 Å². The Bertz CT molecular complexity index is 448. The Labute approximate surface area is 120 Å². The van der Waals surface area contributed by atoms with Crippen LogP contribution in [0.2, 0.25) is 0 Å². The zero-order valence-electron chi connectivity index (χ0n) is 12.8. The van der Waals surface area contributed by atoms with Crippen LogP contribution in [0.3, 0.4) is 0 Å². The van der Waals surface area contributed by atoms with E-state index in [1.165, 1.54) is 5.69 Å². The summed E-state index contributed by atoms with van der Waals surface area (Å²) in [6.45, 7) is 7.34. The van der Waals surface area contributed by atoms with Gasteiger partial charge >= 0.3 is 0 Å². The van der Waals surface area contributed by atoms with E-state index in [-0.39, 0.29) is 5.91 Å². The van der Waals surface area contributed by atoms with Gasteiger partial charge in [0.1, 0.15) is 12.4 Å². The Morgan fingerprint density at radius 2 is 2.15 bits per heavy atom. The monoisotopic (exact) mass is 279 g/mol. The molecule has 20 heavy (non-hydrogen) atoms. The molecule has 1 saturated heterocycles. The van der Waals surface area contributed by atoms with Crippen LogP contribution in [0.4, 0.5) is 0 Å². The van der Waals surface area contributed by atoms with E-state index in [1.54, 1.807) is 7.11 Å². The molecule has 0 spiro atoms. The summed E-state index contributed by atoms with van der Waals surface area (Å²) in [6, 6.07) is 0. The molecule has 1 aliphatic rings. The van der Waals surface area contributed by atoms with Gasteiger partial charge in [0.05, 0.1) is 0 Å². The lowest BCUT2D eigenvalue weighted by atomic mass is 9.96. The number of nitrogens with zero attached hydrogens (tertiary/aromatic N) is 3. The Morgan fingerprint density at radius 1 is 1.45 bits per heavy atom. The minimum Gasteiger partial charge on any atom is -0.377 e. The second kappa shape index (κ2) is 6.88. The van der Waals surface area contributed by atoms with Crippen molar-refractivity contribution in [2.24, 2.45) is 5.92 Å². The smallest absolute Gasteiger partial charge is 0.222 e. The average Bonchev–Trinajstić information content (AvgIpc) is 2.81. The molecule has 5 heteroatoms. The van der Waals surface area contributed by atoms with Gasteiger partial charge in [0.25, 0.3) is 0 Å². The van der Waals surface area contributed by atoms with Gasteiger partial charge in [0.15, 0.2) is 0 Å². The quantitative estimate of drug-likeness (QED) is 0.828. The van der Waals surface area contributed by atoms with Gasteiger partial charge in [-0.25, -0.2) is 4.98 Å². The number of piperidine rings is 1. The van der Waals surface area contributed by atoms with Crippen LogP contribution >= 0.6 is 0 Å². The Hall–Kier alpha value is -1.36. The van der Waals surface area contributed by atoms with E-state index in [9.17, 15) is 4.79 Å². The maximum atomic E-state index is 11.7. The number of imidazole rings is 1. The number of methoxy groups -OCH3 is 1. The normalized spacial score (nSPS) is 16.6. The molecule has 0 aliphatic carbocycles. The summed E-state index contributed by atoms with van der Waals surface area (Å²) in [6.07, 6.45) is 4.68. The van der Waals surface area contributed by atoms with Crippen molar-refractivity contribution in [3.63, 3.8) is 0 Å². The number of carbonyl (C=O) groups is 1. The number of aryl methyl sites for hydroxylation is 1. The fourth-order valence-corrected chi connectivity index (χ4v) is 2.85. The zero-order chi connectivity index (χ0) is 14.5. The van der Waals surface area contributed by atoms with Crippen molar-refractivity contribution in [2.45, 2.75) is 46.3 Å². The number of carbonyl (C=O) groups excluding carboxylic acids is 1. The fourth-order valence-electron chi connectivity index (χ4n) is 2.85. The van der Waals surface area contributed by atoms with Crippen molar-refractivity contribution in [1.29, 1.82) is 0 Å². The highest BCUT2D eigenvalue weighted by Crippen LogP contribution is 2.21. The molecule has 1 amide bonds. The second-order valence-corrected chi connectivity index (χ2v) is 5.54. The minimum absolute atomic E-state index is 0.280. The summed E-state index contributed by atoms with van der Waals surface area (Å²) < 4.78 is 7.45. The van der Waals surface area contributed by atoms with Crippen LogP contribution in [0.5, 0.6) is 0 Å². The molecule has 0 atom stereocenters. The van der Waals surface area contributed by atoms with Gasteiger partial charge in [-0.3, -0.25) is 4.79 Å². The van der Waals surface area contributed by atoms with E-state index >= 15 is 0 Å². The lowest BCUT2D eigenvalue weighted by Crippen LogP contribution is -2.39. The van der Waals surface area contributed by atoms with Crippen LogP contribution < -0.4 is 0 Å². The predicted octanol–water partition coefficient (Wildman–Crippen LogP) is 1.99. The molecular weight excluding hydrogens is 254 g/mol. The first kappa shape index (κ1) is 15.0. The number of aromatic nitrogens is 2. The molecule has 1 aliphatic heterocycles. The molecule has 1 aromatic rings. The first-order valence-corrected chi connectivity index (χ1v) is 7.43. The van der Waals surface area contributed by atoms with E-state index < -0.39 is 0 Å². The summed E-state index contributed by atoms with van der Waals surface area (Å²) in [5.41, 5.74) is 1.18. The Balaban J connectivity index is 1.92. The standard InChI is InChI=1S/C15H25N3O2/c1-4-15(19)17-7-5-13(6-8-17)10-18-12(2)9-16-14(18)11-20-3/h9,13H,4-8,10-11H2,1-3H3. The number of rotatable bonds is 5. The lowest BCUT2D eigenvalue weighted by Gasteiger charge is -2.32. The SMILES string of the molecule is CCC(=O)N1CCC(Cn2c(C)cnc2COC)CC1. The highest BCUT2D eigenvalue weighted by Gasteiger charge is 2.23. The van der Waals surface area contributed by atoms with Crippen molar-refractivity contribution in [3.05, 3.63) is 17.7 Å². The van der Waals surface area contributed by atoms with Gasteiger partial charge in [-0.05, 0) is 25.7 Å². The van der Waals surface area contributed by atoms with E-state index in [0.717, 1.165) is 38.3 Å². The molecule has 0 saturated carbocycles. The zero-order valence-corrected chi connectivity index (χ0v) is 12.8. The molecule has 2 heterocycles. The fraction of sp³-hybridized carbons (Fsp3) is 0.733. The van der Waals surface area contributed by atoms with Crippen molar-refractivity contribution in [1.82, 2.24) is 14.5 Å². The van der Waals surface area contributed by atoms with E-state index in [0.29, 0.717) is 18.9 Å². The first-order valence-electron chi connectivity index (χ1n) is 7.43. The summed E-state index contributed by atoms with van der Waals surface area (Å²) in [4.78, 5) is 18.1. The lowest BCUT2D eigenvalue weighted by molar-refractivity contribution is -0.132. The largest absolute Gasteiger partial charge is 0.377 e. The summed E-state index contributed by atoms with van der Waals surface area (Å²) in [7, 11) is 1.70. The Kier molecular flexibility index (Phi) is 5.17. The molecule has 0 radical (unpaired) electrons. The summed E-state index contributed by atoms with van der Waals surface area (Å²) in [5, 5.41) is 0. The molecule has 0 aromatic carbocycles. The Morgan fingerprint density at radius 3 is 2.75 bits per heavy atom. The van der Waals surface area contributed by atoms with Gasteiger partial charge in [-0.1, -0.05) is 6.92 Å². The van der Waals surface area contributed by atoms with Gasteiger partial charge in [-0.2, -0.15) is 0 Å². The summed E-state index contributed by atoms with van der Waals surface area (Å²) in [5.74, 6) is 1.90. The van der Waals surface area contributed by atoms with Crippen LogP contribution in [-0.2, 0) is 22.7 Å². The maximum Gasteiger partial charge on any atom is 0.222 e. The molecule has 0 bridgehead atoms. The molecule has 5 nitrogen and oxygen atoms in total. The van der Waals surface area contributed by atoms with Gasteiger partial charge in [-0.15, -0.1) is 0 Å². The topological polar surface area (TPSA) is 47.4 Å². The van der Waals surface area contributed by atoms with Crippen LogP contribution in [0.25, 0.3) is 0 Å². The van der Waals surface area contributed by atoms with Gasteiger partial charge < -0.3 is 14.2 Å². The van der Waals surface area contributed by atoms with Crippen molar-refractivity contribution in [3.8, 4) is 0 Å². The molecule has 1 aromatic heterocycles. The van der Waals surface area contributed by atoms with E-state index in [2.05, 4.69) is 16.5 Å². The molecule has 0 unspecified atom stereocenters. The highest BCUT2D eigenvalue weighted by molar-refractivity contribution is 5.75. The molecular formula is C15H25N3O2. The van der Waals surface area contributed by atoms with Crippen LogP contribution in [0.1, 0.15) is 37.7 Å². The minimum atomic E-state index is 0.280. The third-order valence-electron chi connectivity index (χ3n) is 4.12. The number of likely N-dealkylation sites (tertiary alicyclic amines) is 1. The third-order valence-corrected chi connectivity index (χ3v) is 4.12. The maximum absolute atomic E-state index is 11.7. The third kappa shape index (κ3) is 3.39. The number of ether oxygens (including phenoxy) is 1. The van der Waals surface area contributed by atoms with Crippen LogP contribution in [0.15, 0.2) is 6.20 Å². The number of hydrogen-bond donors (Lipinski definition) is 0. The van der Waals surface area contributed by atoms with Gasteiger partial charge in [0.2, 0.25) is 5.91 Å². The molecule has 0 N–H and O–H groups in total. The molecule has 112 valence electrons. The first-order chi connectivity index (χ1) is 9.65. The number of amides is 1. The van der Waals surface area contributed by atoms with Crippen molar-refractivity contribution >= 4 is 5.91 Å². The van der Waals surface area contributed by atoms with E-state index in [4.69, 9.17) is 4.74 Å². The highest BCUT2D eigenvalue weighted by atomic mass is 16.5. The van der Waals surface area contributed by atoms with Crippen LogP contribution in [-0.4, -0.2) is 40.6 Å². The van der Waals surface area contributed by atoms with E-state index in [1.807, 2.05) is 18.0 Å². The second-order valence-electron chi connectivity index (χ2n) is 5.54. The predicted molar refractivity (Wildman–Crippen MR) is 77.3 cm³/mol.